The van der Waals surface area contributed by atoms with Gasteiger partial charge in [-0.1, -0.05) is 71.1 Å². The zero-order valence-electron chi connectivity index (χ0n) is 18.4. The minimum absolute atomic E-state index is 0.0253. The highest BCUT2D eigenvalue weighted by atomic mass is 35.5. The molecule has 0 bridgehead atoms. The van der Waals surface area contributed by atoms with Crippen molar-refractivity contribution in [2.24, 2.45) is 11.1 Å². The van der Waals surface area contributed by atoms with Gasteiger partial charge in [0.25, 0.3) is 5.60 Å². The molecule has 4 rings (SSSR count). The van der Waals surface area contributed by atoms with Gasteiger partial charge >= 0.3 is 6.18 Å². The third kappa shape index (κ3) is 4.27. The number of nitrogens with one attached hydrogen (secondary N) is 1. The first kappa shape index (κ1) is 25.1. The molecule has 1 N–H and O–H groups in total. The molecule has 0 aromatic heterocycles. The van der Waals surface area contributed by atoms with Crippen LogP contribution in [0.25, 0.3) is 0 Å². The van der Waals surface area contributed by atoms with Crippen LogP contribution < -0.4 is 5.32 Å². The van der Waals surface area contributed by atoms with E-state index in [1.807, 2.05) is 19.1 Å². The summed E-state index contributed by atoms with van der Waals surface area (Å²) >= 11 is 17.9. The summed E-state index contributed by atoms with van der Waals surface area (Å²) < 4.78 is 42.7. The Kier molecular flexibility index (Phi) is 6.60. The summed E-state index contributed by atoms with van der Waals surface area (Å²) in [5.74, 6) is 0.0302. The third-order valence-corrected chi connectivity index (χ3v) is 7.86. The van der Waals surface area contributed by atoms with E-state index >= 15 is 0 Å². The largest absolute Gasteiger partial charge is 0.435 e. The van der Waals surface area contributed by atoms with E-state index in [1.54, 1.807) is 12.1 Å². The van der Waals surface area contributed by atoms with Crippen molar-refractivity contribution in [2.45, 2.75) is 50.3 Å². The second-order valence-electron chi connectivity index (χ2n) is 9.02. The quantitative estimate of drug-likeness (QED) is 0.419. The van der Waals surface area contributed by atoms with E-state index in [1.165, 1.54) is 0 Å². The lowest BCUT2D eigenvalue weighted by Gasteiger charge is -2.45. The first-order valence-electron chi connectivity index (χ1n) is 10.8. The number of alkyl halides is 3. The molecule has 34 heavy (non-hydrogen) atoms. The molecule has 0 saturated heterocycles. The predicted octanol–water partition coefficient (Wildman–Crippen LogP) is 7.03. The molecule has 1 amide bonds. The summed E-state index contributed by atoms with van der Waals surface area (Å²) in [5, 5.41) is 6.40. The molecule has 1 heterocycles. The Morgan fingerprint density at radius 3 is 2.24 bits per heavy atom. The number of nitrogens with zero attached hydrogens (tertiary/aromatic N) is 1. The summed E-state index contributed by atoms with van der Waals surface area (Å²) in [6.07, 6.45) is -3.89. The number of carbonyl (C=O) groups is 1. The Hall–Kier alpha value is -1.96. The molecule has 1 saturated carbocycles. The summed E-state index contributed by atoms with van der Waals surface area (Å²) in [7, 11) is 0. The monoisotopic (exact) mass is 532 g/mol. The van der Waals surface area contributed by atoms with Crippen molar-refractivity contribution >= 4 is 46.4 Å². The van der Waals surface area contributed by atoms with Gasteiger partial charge in [0, 0.05) is 24.4 Å². The van der Waals surface area contributed by atoms with Crippen molar-refractivity contribution in [1.29, 1.82) is 0 Å². The van der Waals surface area contributed by atoms with Crippen LogP contribution in [0.5, 0.6) is 0 Å². The molecule has 1 aliphatic heterocycles. The molecule has 1 unspecified atom stereocenters. The SMILES string of the molecule is CCNC(=O)C1CC(C)(c2ccc(C3=NOC(c4cc(Cl)c(Cl)c(Cl)c4)(C(F)(F)F)C3)cc2)C1. The number of benzene rings is 2. The van der Waals surface area contributed by atoms with Crippen molar-refractivity contribution < 1.29 is 22.8 Å². The normalized spacial score (nSPS) is 26.5. The fourth-order valence-electron chi connectivity index (χ4n) is 4.68. The van der Waals surface area contributed by atoms with Crippen LogP contribution in [-0.4, -0.2) is 24.3 Å². The van der Waals surface area contributed by atoms with Gasteiger partial charge in [-0.15, -0.1) is 0 Å². The van der Waals surface area contributed by atoms with Gasteiger partial charge in [-0.25, -0.2) is 0 Å². The number of carbonyl (C=O) groups excluding carboxylic acids is 1. The highest BCUT2D eigenvalue weighted by molar-refractivity contribution is 6.48. The molecule has 2 aliphatic rings. The number of oxime groups is 1. The first-order chi connectivity index (χ1) is 15.9. The summed E-state index contributed by atoms with van der Waals surface area (Å²) in [4.78, 5) is 17.1. The minimum atomic E-state index is -4.79. The van der Waals surface area contributed by atoms with Crippen LogP contribution in [0.3, 0.4) is 0 Å². The maximum absolute atomic E-state index is 14.2. The molecule has 4 nitrogen and oxygen atoms in total. The number of amides is 1. The zero-order valence-corrected chi connectivity index (χ0v) is 20.7. The Morgan fingerprint density at radius 2 is 1.71 bits per heavy atom. The predicted molar refractivity (Wildman–Crippen MR) is 127 cm³/mol. The van der Waals surface area contributed by atoms with Gasteiger partial charge < -0.3 is 10.2 Å². The Morgan fingerprint density at radius 1 is 1.12 bits per heavy atom. The van der Waals surface area contributed by atoms with Crippen molar-refractivity contribution in [3.05, 3.63) is 68.2 Å². The van der Waals surface area contributed by atoms with E-state index in [-0.39, 0.29) is 43.6 Å². The van der Waals surface area contributed by atoms with Crippen LogP contribution in [0.1, 0.15) is 49.8 Å². The molecule has 10 heteroatoms. The van der Waals surface area contributed by atoms with Crippen LogP contribution in [0.2, 0.25) is 15.1 Å². The number of halogens is 6. The van der Waals surface area contributed by atoms with Crippen molar-refractivity contribution in [1.82, 2.24) is 5.32 Å². The van der Waals surface area contributed by atoms with Crippen LogP contribution >= 0.6 is 34.8 Å². The van der Waals surface area contributed by atoms with Crippen LogP contribution in [0.4, 0.5) is 13.2 Å². The average molecular weight is 534 g/mol. The van der Waals surface area contributed by atoms with Crippen molar-refractivity contribution in [3.8, 4) is 0 Å². The van der Waals surface area contributed by atoms with Crippen LogP contribution in [-0.2, 0) is 20.6 Å². The van der Waals surface area contributed by atoms with E-state index in [2.05, 4.69) is 17.4 Å². The van der Waals surface area contributed by atoms with Crippen LogP contribution in [0.15, 0.2) is 41.6 Å². The molecular weight excluding hydrogens is 512 g/mol. The van der Waals surface area contributed by atoms with Crippen LogP contribution in [0, 0.1) is 5.92 Å². The fourth-order valence-corrected chi connectivity index (χ4v) is 5.28. The fraction of sp³-hybridized carbons (Fsp3) is 0.417. The van der Waals surface area contributed by atoms with E-state index in [9.17, 15) is 18.0 Å². The van der Waals surface area contributed by atoms with Gasteiger partial charge in [-0.3, -0.25) is 4.79 Å². The van der Waals surface area contributed by atoms with Gasteiger partial charge in [0.2, 0.25) is 5.91 Å². The van der Waals surface area contributed by atoms with Gasteiger partial charge in [-0.2, -0.15) is 13.2 Å². The minimum Gasteiger partial charge on any atom is -0.374 e. The van der Waals surface area contributed by atoms with E-state index < -0.39 is 18.2 Å². The molecule has 2 aromatic carbocycles. The number of hydrogen-bond donors (Lipinski definition) is 1. The maximum Gasteiger partial charge on any atom is 0.435 e. The second-order valence-corrected chi connectivity index (χ2v) is 10.2. The highest BCUT2D eigenvalue weighted by Crippen LogP contribution is 2.51. The van der Waals surface area contributed by atoms with Gasteiger partial charge in [0.15, 0.2) is 0 Å². The first-order valence-corrected chi connectivity index (χ1v) is 11.9. The lowest BCUT2D eigenvalue weighted by atomic mass is 9.59. The second kappa shape index (κ2) is 8.92. The summed E-state index contributed by atoms with van der Waals surface area (Å²) in [6, 6.07) is 9.42. The highest BCUT2D eigenvalue weighted by Gasteiger charge is 2.62. The standard InChI is InChI=1S/C24H22Cl3F3N2O2/c1-3-31-21(33)14-10-22(2,11-14)15-6-4-13(5-7-15)19-12-23(34-32-19,24(28,29)30)16-8-17(25)20(27)18(26)9-16/h4-9,14H,3,10-12H2,1-2H3,(H,31,33). The van der Waals surface area contributed by atoms with Crippen molar-refractivity contribution in [2.75, 3.05) is 6.54 Å². The lowest BCUT2D eigenvalue weighted by molar-refractivity contribution is -0.275. The Bertz CT molecular complexity index is 1120. The number of hydrogen-bond acceptors (Lipinski definition) is 3. The Labute approximate surface area is 210 Å². The average Bonchev–Trinajstić information content (AvgIpc) is 3.22. The van der Waals surface area contributed by atoms with E-state index in [0.717, 1.165) is 30.5 Å². The molecule has 1 aliphatic carbocycles. The molecule has 182 valence electrons. The maximum atomic E-state index is 14.2. The zero-order chi connectivity index (χ0) is 24.9. The number of rotatable bonds is 5. The van der Waals surface area contributed by atoms with Gasteiger partial charge in [-0.05, 0) is 48.4 Å². The Balaban J connectivity index is 1.55. The smallest absolute Gasteiger partial charge is 0.374 e. The molecule has 0 radical (unpaired) electrons. The summed E-state index contributed by atoms with van der Waals surface area (Å²) in [5.41, 5.74) is -1.45. The molecule has 0 spiro atoms. The van der Waals surface area contributed by atoms with E-state index in [4.69, 9.17) is 39.6 Å². The molecule has 1 fully saturated rings. The van der Waals surface area contributed by atoms with Gasteiger partial charge in [0.05, 0.1) is 20.8 Å². The lowest BCUT2D eigenvalue weighted by Crippen LogP contribution is -2.46. The molecule has 2 aromatic rings. The topological polar surface area (TPSA) is 50.7 Å². The van der Waals surface area contributed by atoms with Crippen molar-refractivity contribution in [3.63, 3.8) is 0 Å². The third-order valence-electron chi connectivity index (χ3n) is 6.67. The van der Waals surface area contributed by atoms with Gasteiger partial charge in [0.1, 0.15) is 0 Å². The summed E-state index contributed by atoms with van der Waals surface area (Å²) in [6.45, 7) is 4.56. The van der Waals surface area contributed by atoms with E-state index in [0.29, 0.717) is 12.1 Å². The molecule has 1 atom stereocenters. The molecular formula is C24H22Cl3F3N2O2.